The number of hydrogen-bond donors (Lipinski definition) is 2. The molecule has 5 rings (SSSR count). The van der Waals surface area contributed by atoms with E-state index in [0.29, 0.717) is 23.7 Å². The largest absolute Gasteiger partial charge is 0.489 e. The van der Waals surface area contributed by atoms with Crippen LogP contribution >= 0.6 is 0 Å². The summed E-state index contributed by atoms with van der Waals surface area (Å²) in [5.74, 6) is 0.0992. The zero-order chi connectivity index (χ0) is 25.8. The van der Waals surface area contributed by atoms with Gasteiger partial charge < -0.3 is 19.9 Å². The van der Waals surface area contributed by atoms with E-state index in [0.717, 1.165) is 37.1 Å². The Bertz CT molecular complexity index is 1330. The summed E-state index contributed by atoms with van der Waals surface area (Å²) in [6.45, 7) is 1.53. The van der Waals surface area contributed by atoms with Crippen molar-refractivity contribution in [1.82, 2.24) is 25.4 Å². The van der Waals surface area contributed by atoms with Gasteiger partial charge in [-0.1, -0.05) is 36.4 Å². The number of rotatable bonds is 6. The van der Waals surface area contributed by atoms with Crippen molar-refractivity contribution in [3.63, 3.8) is 0 Å². The third kappa shape index (κ3) is 5.53. The lowest BCUT2D eigenvalue weighted by Crippen LogP contribution is -2.49. The van der Waals surface area contributed by atoms with Gasteiger partial charge in [-0.2, -0.15) is 0 Å². The second-order valence-corrected chi connectivity index (χ2v) is 9.10. The number of ether oxygens (including phenoxy) is 1. The van der Waals surface area contributed by atoms with Crippen molar-refractivity contribution in [2.75, 3.05) is 31.6 Å². The number of H-pyrrole nitrogens is 1. The molecule has 3 amide bonds. The van der Waals surface area contributed by atoms with Gasteiger partial charge in [-0.3, -0.25) is 19.5 Å². The van der Waals surface area contributed by atoms with Gasteiger partial charge in [0.1, 0.15) is 24.2 Å². The first-order valence-electron chi connectivity index (χ1n) is 12.3. The van der Waals surface area contributed by atoms with Gasteiger partial charge in [0.2, 0.25) is 11.7 Å². The molecule has 0 radical (unpaired) electrons. The third-order valence-corrected chi connectivity index (χ3v) is 6.47. The number of nitrogens with one attached hydrogen (secondary N) is 2. The average molecular weight is 501 g/mol. The zero-order valence-corrected chi connectivity index (χ0v) is 20.5. The second kappa shape index (κ2) is 10.7. The number of carbonyl (C=O) groups is 3. The van der Waals surface area contributed by atoms with E-state index < -0.39 is 11.9 Å². The van der Waals surface area contributed by atoms with Crippen molar-refractivity contribution < 1.29 is 19.1 Å². The number of nitrogens with zero attached hydrogens (tertiary/aromatic N) is 4. The van der Waals surface area contributed by atoms with E-state index >= 15 is 0 Å². The van der Waals surface area contributed by atoms with Gasteiger partial charge in [0.15, 0.2) is 0 Å². The fourth-order valence-corrected chi connectivity index (χ4v) is 4.42. The minimum atomic E-state index is -0.920. The molecular formula is C27H28N6O4. The highest BCUT2D eigenvalue weighted by Crippen LogP contribution is 2.32. The van der Waals surface area contributed by atoms with E-state index in [1.807, 2.05) is 41.3 Å². The van der Waals surface area contributed by atoms with E-state index in [-0.39, 0.29) is 24.2 Å². The predicted molar refractivity (Wildman–Crippen MR) is 137 cm³/mol. The summed E-state index contributed by atoms with van der Waals surface area (Å²) in [5.41, 5.74) is 2.36. The Labute approximate surface area is 214 Å². The summed E-state index contributed by atoms with van der Waals surface area (Å²) in [5, 5.41) is 9.48. The Hall–Kier alpha value is -4.47. The molecule has 0 spiro atoms. The van der Waals surface area contributed by atoms with Gasteiger partial charge in [-0.05, 0) is 42.2 Å². The molecule has 10 heteroatoms. The Morgan fingerprint density at radius 2 is 1.95 bits per heavy atom. The number of fused-ring (bicyclic) bond motifs is 1. The highest BCUT2D eigenvalue weighted by molar-refractivity contribution is 6.02. The van der Waals surface area contributed by atoms with E-state index in [1.165, 1.54) is 4.90 Å². The first-order chi connectivity index (χ1) is 18.0. The molecule has 1 atom stereocenters. The molecule has 3 heterocycles. The number of likely N-dealkylation sites (N-methyl/N-ethyl adjacent to an activating group) is 1. The van der Waals surface area contributed by atoms with Crippen LogP contribution in [0.4, 0.5) is 5.69 Å². The highest BCUT2D eigenvalue weighted by atomic mass is 16.5. The molecule has 0 bridgehead atoms. The number of aromatic amines is 1. The maximum atomic E-state index is 13.2. The minimum Gasteiger partial charge on any atom is -0.489 e. The second-order valence-electron chi connectivity index (χ2n) is 9.10. The lowest BCUT2D eigenvalue weighted by atomic mass is 10.1. The van der Waals surface area contributed by atoms with Crippen LogP contribution < -0.4 is 15.0 Å². The Morgan fingerprint density at radius 1 is 1.16 bits per heavy atom. The molecular weight excluding hydrogens is 472 g/mol. The first-order valence-corrected chi connectivity index (χ1v) is 12.3. The van der Waals surface area contributed by atoms with Crippen LogP contribution in [0.25, 0.3) is 6.08 Å². The Kier molecular flexibility index (Phi) is 6.98. The van der Waals surface area contributed by atoms with Gasteiger partial charge in [0, 0.05) is 32.6 Å². The molecule has 1 saturated heterocycles. The van der Waals surface area contributed by atoms with Gasteiger partial charge >= 0.3 is 0 Å². The van der Waals surface area contributed by atoms with Crippen LogP contribution in [0, 0.1) is 0 Å². The maximum absolute atomic E-state index is 13.2. The van der Waals surface area contributed by atoms with Crippen molar-refractivity contribution in [2.45, 2.75) is 25.3 Å². The Balaban J connectivity index is 1.24. The van der Waals surface area contributed by atoms with E-state index in [9.17, 15) is 14.4 Å². The highest BCUT2D eigenvalue weighted by Gasteiger charge is 2.31. The molecule has 10 nitrogen and oxygen atoms in total. The molecule has 2 N–H and O–H groups in total. The summed E-state index contributed by atoms with van der Waals surface area (Å²) < 4.78 is 5.86. The van der Waals surface area contributed by atoms with E-state index in [1.54, 1.807) is 31.3 Å². The van der Waals surface area contributed by atoms with E-state index in [4.69, 9.17) is 4.74 Å². The number of benzene rings is 2. The summed E-state index contributed by atoms with van der Waals surface area (Å²) in [6.07, 6.45) is 5.86. The molecule has 1 unspecified atom stereocenters. The van der Waals surface area contributed by atoms with Crippen LogP contribution in [0.15, 0.2) is 54.6 Å². The monoisotopic (exact) mass is 500 g/mol. The van der Waals surface area contributed by atoms with Crippen molar-refractivity contribution >= 4 is 29.5 Å². The minimum absolute atomic E-state index is 0.0187. The smallest absolute Gasteiger partial charge is 0.291 e. The van der Waals surface area contributed by atoms with Crippen LogP contribution in [-0.4, -0.2) is 70.6 Å². The molecule has 1 fully saturated rings. The SMILES string of the molecule is CN1C(=O)C(NC(=O)c2n[nH]c(Cc3ccccc3)n2)COc2ccc(C=CC(=O)N3CCCC3)cc21. The summed E-state index contributed by atoms with van der Waals surface area (Å²) in [7, 11) is 1.63. The average Bonchev–Trinajstić information content (AvgIpc) is 3.61. The number of hydrogen-bond acceptors (Lipinski definition) is 6. The Morgan fingerprint density at radius 3 is 2.73 bits per heavy atom. The number of aromatic nitrogens is 3. The van der Waals surface area contributed by atoms with Crippen molar-refractivity contribution in [1.29, 1.82) is 0 Å². The quantitative estimate of drug-likeness (QED) is 0.501. The molecule has 2 aliphatic heterocycles. The fraction of sp³-hybridized carbons (Fsp3) is 0.296. The summed E-state index contributed by atoms with van der Waals surface area (Å²) in [6, 6.07) is 14.2. The molecule has 190 valence electrons. The number of amides is 3. The lowest BCUT2D eigenvalue weighted by molar-refractivity contribution is -0.125. The third-order valence-electron chi connectivity index (χ3n) is 6.47. The van der Waals surface area contributed by atoms with Crippen LogP contribution in [0.3, 0.4) is 0 Å². The van der Waals surface area contributed by atoms with Crippen molar-refractivity contribution in [3.8, 4) is 5.75 Å². The predicted octanol–water partition coefficient (Wildman–Crippen LogP) is 2.18. The molecule has 0 saturated carbocycles. The lowest BCUT2D eigenvalue weighted by Gasteiger charge is -2.20. The molecule has 0 aliphatic carbocycles. The van der Waals surface area contributed by atoms with Gasteiger partial charge in [-0.15, -0.1) is 5.10 Å². The zero-order valence-electron chi connectivity index (χ0n) is 20.5. The van der Waals surface area contributed by atoms with Gasteiger partial charge in [0.25, 0.3) is 11.8 Å². The van der Waals surface area contributed by atoms with Crippen LogP contribution in [0.5, 0.6) is 5.75 Å². The van der Waals surface area contributed by atoms with Crippen molar-refractivity contribution in [3.05, 3.63) is 77.4 Å². The standard InChI is InChI=1S/C27H28N6O4/c1-32-21-15-19(10-12-24(34)33-13-5-6-14-33)9-11-22(21)37-17-20(27(32)36)28-26(35)25-29-23(30-31-25)16-18-7-3-2-4-8-18/h2-4,7-12,15,20H,5-6,13-14,16-17H2,1H3,(H,28,35)(H,29,30,31). The molecule has 2 aliphatic rings. The van der Waals surface area contributed by atoms with Crippen molar-refractivity contribution in [2.24, 2.45) is 0 Å². The fourth-order valence-electron chi connectivity index (χ4n) is 4.42. The molecule has 2 aromatic carbocycles. The van der Waals surface area contributed by atoms with Crippen LogP contribution in [-0.2, 0) is 16.0 Å². The normalized spacial score (nSPS) is 17.4. The first kappa shape index (κ1) is 24.2. The maximum Gasteiger partial charge on any atom is 0.291 e. The summed E-state index contributed by atoms with van der Waals surface area (Å²) >= 11 is 0. The van der Waals surface area contributed by atoms with Gasteiger partial charge in [-0.25, -0.2) is 4.98 Å². The number of likely N-dealkylation sites (tertiary alicyclic amines) is 1. The van der Waals surface area contributed by atoms with E-state index in [2.05, 4.69) is 20.5 Å². The molecule has 37 heavy (non-hydrogen) atoms. The molecule has 3 aromatic rings. The number of anilines is 1. The van der Waals surface area contributed by atoms with Gasteiger partial charge in [0.05, 0.1) is 5.69 Å². The van der Waals surface area contributed by atoms with Crippen LogP contribution in [0.2, 0.25) is 0 Å². The molecule has 1 aromatic heterocycles. The number of carbonyl (C=O) groups excluding carboxylic acids is 3. The summed E-state index contributed by atoms with van der Waals surface area (Å²) in [4.78, 5) is 45.9. The topological polar surface area (TPSA) is 121 Å². The van der Waals surface area contributed by atoms with Crippen LogP contribution in [0.1, 0.15) is 40.4 Å².